The average Bonchev–Trinajstić information content (AvgIpc) is 3.03. The van der Waals surface area contributed by atoms with Gasteiger partial charge in [-0.2, -0.15) is 0 Å². The van der Waals surface area contributed by atoms with Gasteiger partial charge in [-0.15, -0.1) is 0 Å². The minimum absolute atomic E-state index is 0.285. The fraction of sp³-hybridized carbons (Fsp3) is 0.625. The second-order valence-electron chi connectivity index (χ2n) is 9.96. The van der Waals surface area contributed by atoms with Crippen LogP contribution in [0.1, 0.15) is 46.1 Å². The zero-order chi connectivity index (χ0) is 25.6. The van der Waals surface area contributed by atoms with E-state index in [1.807, 2.05) is 58.0 Å². The maximum Gasteiger partial charge on any atom is 0.481 e. The minimum atomic E-state index is -1.38. The molecule has 35 heavy (non-hydrogen) atoms. The predicted molar refractivity (Wildman–Crippen MR) is 130 cm³/mol. The molecule has 0 bridgehead atoms. The highest BCUT2D eigenvalue weighted by Crippen LogP contribution is 2.38. The van der Waals surface area contributed by atoms with Gasteiger partial charge in [-0.1, -0.05) is 30.3 Å². The molecule has 0 spiro atoms. The number of amides is 3. The standard InChI is InChI=1S/C24H36BN3O7/c1-23(2)24(3,4)35-25(34-23)19(11-10-17-8-6-5-7-9-17)27-21(30)18(26-22(31)32)16-20(29)28-12-14-33-15-13-28/h5-9,18-19,26H,10-16H2,1-4H3,(H,27,30)(H,31,32)/t18-,19+/m1/s1. The van der Waals surface area contributed by atoms with Crippen LogP contribution in [0.5, 0.6) is 0 Å². The number of hydrogen-bond acceptors (Lipinski definition) is 6. The fourth-order valence-corrected chi connectivity index (χ4v) is 4.05. The number of carboxylic acid groups (broad SMARTS) is 1. The Hall–Kier alpha value is -2.63. The number of nitrogens with zero attached hydrogens (tertiary/aromatic N) is 1. The Kier molecular flexibility index (Phi) is 8.79. The van der Waals surface area contributed by atoms with Crippen LogP contribution in [0.15, 0.2) is 30.3 Å². The average molecular weight is 489 g/mol. The SMILES string of the molecule is CC1(C)OB([C@H](CCc2ccccc2)NC(=O)[C@@H](CC(=O)N2CCOCC2)NC(=O)O)OC1(C)C. The first-order chi connectivity index (χ1) is 16.5. The van der Waals surface area contributed by atoms with E-state index < -0.39 is 42.3 Å². The van der Waals surface area contributed by atoms with Crippen LogP contribution in [0.25, 0.3) is 0 Å². The number of nitrogens with one attached hydrogen (secondary N) is 2. The van der Waals surface area contributed by atoms with Crippen molar-refractivity contribution in [3.8, 4) is 0 Å². The fourth-order valence-electron chi connectivity index (χ4n) is 4.05. The lowest BCUT2D eigenvalue weighted by molar-refractivity contribution is -0.138. The van der Waals surface area contributed by atoms with E-state index in [1.165, 1.54) is 0 Å². The van der Waals surface area contributed by atoms with Gasteiger partial charge in [0.15, 0.2) is 0 Å². The molecule has 2 atom stereocenters. The van der Waals surface area contributed by atoms with Crippen LogP contribution in [-0.2, 0) is 30.1 Å². The molecular weight excluding hydrogens is 453 g/mol. The lowest BCUT2D eigenvalue weighted by Crippen LogP contribution is -2.56. The molecule has 3 rings (SSSR count). The van der Waals surface area contributed by atoms with E-state index >= 15 is 0 Å². The van der Waals surface area contributed by atoms with Gasteiger partial charge in [0.2, 0.25) is 11.8 Å². The normalized spacial score (nSPS) is 20.7. The molecule has 2 heterocycles. The third-order valence-corrected chi connectivity index (χ3v) is 6.87. The molecule has 0 saturated carbocycles. The summed E-state index contributed by atoms with van der Waals surface area (Å²) >= 11 is 0. The van der Waals surface area contributed by atoms with Crippen LogP contribution in [0.2, 0.25) is 0 Å². The summed E-state index contributed by atoms with van der Waals surface area (Å²) in [5.74, 6) is -1.46. The number of aryl methyl sites for hydroxylation is 1. The van der Waals surface area contributed by atoms with Crippen molar-refractivity contribution < 1.29 is 33.5 Å². The van der Waals surface area contributed by atoms with Crippen molar-refractivity contribution in [1.29, 1.82) is 0 Å². The Balaban J connectivity index is 1.73. The Labute approximate surface area is 206 Å². The zero-order valence-corrected chi connectivity index (χ0v) is 20.9. The lowest BCUT2D eigenvalue weighted by Gasteiger charge is -2.32. The van der Waals surface area contributed by atoms with Crippen LogP contribution in [0.3, 0.4) is 0 Å². The van der Waals surface area contributed by atoms with E-state index in [0.717, 1.165) is 5.56 Å². The molecule has 2 fully saturated rings. The van der Waals surface area contributed by atoms with Crippen molar-refractivity contribution in [2.45, 2.75) is 70.1 Å². The Morgan fingerprint density at radius 3 is 2.20 bits per heavy atom. The molecule has 0 unspecified atom stereocenters. The Bertz CT molecular complexity index is 874. The zero-order valence-electron chi connectivity index (χ0n) is 20.9. The summed E-state index contributed by atoms with van der Waals surface area (Å²) in [6.07, 6.45) is -0.507. The Morgan fingerprint density at radius 1 is 1.03 bits per heavy atom. The van der Waals surface area contributed by atoms with Crippen LogP contribution in [0, 0.1) is 0 Å². The summed E-state index contributed by atoms with van der Waals surface area (Å²) in [5, 5.41) is 14.4. The minimum Gasteiger partial charge on any atom is -0.465 e. The monoisotopic (exact) mass is 489 g/mol. The molecule has 3 N–H and O–H groups in total. The quantitative estimate of drug-likeness (QED) is 0.450. The van der Waals surface area contributed by atoms with Crippen molar-refractivity contribution in [3.05, 3.63) is 35.9 Å². The highest BCUT2D eigenvalue weighted by Gasteiger charge is 2.54. The van der Waals surface area contributed by atoms with Gasteiger partial charge in [-0.25, -0.2) is 4.79 Å². The molecular formula is C24H36BN3O7. The molecule has 192 valence electrons. The van der Waals surface area contributed by atoms with Crippen LogP contribution < -0.4 is 10.6 Å². The molecule has 2 aliphatic rings. The van der Waals surface area contributed by atoms with Crippen molar-refractivity contribution >= 4 is 25.0 Å². The molecule has 2 saturated heterocycles. The van der Waals surface area contributed by atoms with E-state index in [1.54, 1.807) is 4.90 Å². The molecule has 0 aromatic heterocycles. The lowest BCUT2D eigenvalue weighted by atomic mass is 9.75. The third-order valence-electron chi connectivity index (χ3n) is 6.87. The summed E-state index contributed by atoms with van der Waals surface area (Å²) in [4.78, 5) is 39.0. The second-order valence-corrected chi connectivity index (χ2v) is 9.96. The van der Waals surface area contributed by atoms with E-state index in [2.05, 4.69) is 10.6 Å². The van der Waals surface area contributed by atoms with Gasteiger partial charge >= 0.3 is 13.2 Å². The van der Waals surface area contributed by atoms with Crippen molar-refractivity contribution in [2.75, 3.05) is 26.3 Å². The van der Waals surface area contributed by atoms with Crippen LogP contribution >= 0.6 is 0 Å². The smallest absolute Gasteiger partial charge is 0.465 e. The summed E-state index contributed by atoms with van der Waals surface area (Å²) in [7, 11) is -0.729. The number of carbonyl (C=O) groups excluding carboxylic acids is 2. The number of benzene rings is 1. The summed E-state index contributed by atoms with van der Waals surface area (Å²) in [6.45, 7) is 9.37. The molecule has 2 aliphatic heterocycles. The summed E-state index contributed by atoms with van der Waals surface area (Å²) in [6, 6.07) is 8.58. The van der Waals surface area contributed by atoms with Crippen LogP contribution in [0.4, 0.5) is 4.79 Å². The number of rotatable bonds is 9. The number of ether oxygens (including phenoxy) is 1. The molecule has 1 aromatic rings. The van der Waals surface area contributed by atoms with Gasteiger partial charge in [0.1, 0.15) is 6.04 Å². The van der Waals surface area contributed by atoms with E-state index in [-0.39, 0.29) is 12.3 Å². The van der Waals surface area contributed by atoms with Gasteiger partial charge in [0.25, 0.3) is 0 Å². The van der Waals surface area contributed by atoms with Crippen molar-refractivity contribution in [2.24, 2.45) is 0 Å². The summed E-state index contributed by atoms with van der Waals surface area (Å²) in [5.41, 5.74) is -0.109. The summed E-state index contributed by atoms with van der Waals surface area (Å²) < 4.78 is 17.6. The molecule has 0 aliphatic carbocycles. The topological polar surface area (TPSA) is 126 Å². The van der Waals surface area contributed by atoms with E-state index in [4.69, 9.17) is 14.0 Å². The first-order valence-electron chi connectivity index (χ1n) is 12.0. The van der Waals surface area contributed by atoms with Gasteiger partial charge in [-0.3, -0.25) is 9.59 Å². The van der Waals surface area contributed by atoms with Gasteiger partial charge in [0.05, 0.1) is 36.8 Å². The number of hydrogen-bond donors (Lipinski definition) is 3. The molecule has 10 nitrogen and oxygen atoms in total. The largest absolute Gasteiger partial charge is 0.481 e. The maximum atomic E-state index is 13.3. The first-order valence-corrected chi connectivity index (χ1v) is 12.0. The van der Waals surface area contributed by atoms with Crippen molar-refractivity contribution in [1.82, 2.24) is 15.5 Å². The van der Waals surface area contributed by atoms with Gasteiger partial charge in [-0.05, 0) is 46.1 Å². The maximum absolute atomic E-state index is 13.3. The predicted octanol–water partition coefficient (Wildman–Crippen LogP) is 1.62. The molecule has 11 heteroatoms. The highest BCUT2D eigenvalue weighted by molar-refractivity contribution is 6.48. The first kappa shape index (κ1) is 27.0. The van der Waals surface area contributed by atoms with Crippen molar-refractivity contribution in [3.63, 3.8) is 0 Å². The van der Waals surface area contributed by atoms with Gasteiger partial charge < -0.3 is 34.7 Å². The molecule has 3 amide bonds. The van der Waals surface area contributed by atoms with Crippen LogP contribution in [-0.4, -0.2) is 84.5 Å². The number of morpholine rings is 1. The Morgan fingerprint density at radius 2 is 1.63 bits per heavy atom. The highest BCUT2D eigenvalue weighted by atomic mass is 16.7. The second kappa shape index (κ2) is 11.4. The van der Waals surface area contributed by atoms with E-state index in [9.17, 15) is 19.5 Å². The van der Waals surface area contributed by atoms with Gasteiger partial charge in [0, 0.05) is 13.1 Å². The van der Waals surface area contributed by atoms with E-state index in [0.29, 0.717) is 39.1 Å². The molecule has 1 aromatic carbocycles. The number of carbonyl (C=O) groups is 3. The third kappa shape index (κ3) is 7.19. The molecule has 0 radical (unpaired) electrons.